The Morgan fingerprint density at radius 1 is 1.26 bits per heavy atom. The second-order valence-corrected chi connectivity index (χ2v) is 5.83. The van der Waals surface area contributed by atoms with Crippen LogP contribution in [0.5, 0.6) is 17.2 Å². The zero-order valence-electron chi connectivity index (χ0n) is 14.9. The predicted octanol–water partition coefficient (Wildman–Crippen LogP) is 0.0211. The molecule has 0 aliphatic carbocycles. The summed E-state index contributed by atoms with van der Waals surface area (Å²) in [7, 11) is 2.92. The fourth-order valence-corrected chi connectivity index (χ4v) is 2.48. The Balaban J connectivity index is 1.49. The quantitative estimate of drug-likeness (QED) is 0.566. The van der Waals surface area contributed by atoms with E-state index in [0.717, 1.165) is 4.57 Å². The summed E-state index contributed by atoms with van der Waals surface area (Å²) in [6.07, 6.45) is 3.99. The van der Waals surface area contributed by atoms with Crippen molar-refractivity contribution in [2.24, 2.45) is 14.1 Å². The standard InChI is InChI=1S/C18H19N3O6/c1-20-10-12(17(23)21(2)18(20)24)3-6-16(22)19-7-8-25-13-4-5-14-15(9-13)27-11-26-14/h3-6,9-10H,7-8,11H2,1-2H3,(H,19,22). The first kappa shape index (κ1) is 18.3. The van der Waals surface area contributed by atoms with Gasteiger partial charge in [-0.05, 0) is 18.2 Å². The molecule has 0 atom stereocenters. The van der Waals surface area contributed by atoms with Crippen LogP contribution in [0.15, 0.2) is 40.1 Å². The van der Waals surface area contributed by atoms with Gasteiger partial charge in [-0.3, -0.25) is 14.2 Å². The number of rotatable bonds is 6. The summed E-state index contributed by atoms with van der Waals surface area (Å²) in [5.41, 5.74) is -0.651. The lowest BCUT2D eigenvalue weighted by atomic mass is 10.3. The summed E-state index contributed by atoms with van der Waals surface area (Å²) in [5, 5.41) is 2.65. The molecule has 0 unspecified atom stereocenters. The van der Waals surface area contributed by atoms with Crippen LogP contribution in [0.1, 0.15) is 5.56 Å². The van der Waals surface area contributed by atoms with E-state index >= 15 is 0 Å². The number of amides is 1. The van der Waals surface area contributed by atoms with Crippen LogP contribution in [-0.4, -0.2) is 35.0 Å². The highest BCUT2D eigenvalue weighted by molar-refractivity contribution is 5.91. The van der Waals surface area contributed by atoms with Gasteiger partial charge in [0.1, 0.15) is 12.4 Å². The number of fused-ring (bicyclic) bond motifs is 1. The highest BCUT2D eigenvalue weighted by Gasteiger charge is 2.13. The molecule has 0 radical (unpaired) electrons. The normalized spacial score (nSPS) is 12.4. The van der Waals surface area contributed by atoms with Gasteiger partial charge in [-0.2, -0.15) is 0 Å². The first-order valence-electron chi connectivity index (χ1n) is 8.21. The van der Waals surface area contributed by atoms with Crippen molar-refractivity contribution in [2.45, 2.75) is 0 Å². The van der Waals surface area contributed by atoms with Crippen LogP contribution in [0.25, 0.3) is 6.08 Å². The Morgan fingerprint density at radius 3 is 2.85 bits per heavy atom. The molecule has 9 heteroatoms. The molecule has 2 heterocycles. The average Bonchev–Trinajstić information content (AvgIpc) is 3.13. The number of carbonyl (C=O) groups excluding carboxylic acids is 1. The van der Waals surface area contributed by atoms with Crippen molar-refractivity contribution in [2.75, 3.05) is 19.9 Å². The fraction of sp³-hybridized carbons (Fsp3) is 0.278. The van der Waals surface area contributed by atoms with E-state index in [1.807, 2.05) is 0 Å². The lowest BCUT2D eigenvalue weighted by molar-refractivity contribution is -0.116. The Hall–Kier alpha value is -3.49. The number of benzene rings is 1. The number of carbonyl (C=O) groups is 1. The number of hydrogen-bond donors (Lipinski definition) is 1. The molecule has 0 spiro atoms. The minimum atomic E-state index is -0.465. The first-order valence-corrected chi connectivity index (χ1v) is 8.21. The number of aromatic nitrogens is 2. The molecule has 3 rings (SSSR count). The number of nitrogens with zero attached hydrogens (tertiary/aromatic N) is 2. The van der Waals surface area contributed by atoms with E-state index in [4.69, 9.17) is 14.2 Å². The third kappa shape index (κ3) is 4.20. The van der Waals surface area contributed by atoms with Gasteiger partial charge in [-0.15, -0.1) is 0 Å². The van der Waals surface area contributed by atoms with E-state index < -0.39 is 11.2 Å². The van der Waals surface area contributed by atoms with E-state index in [-0.39, 0.29) is 31.4 Å². The van der Waals surface area contributed by atoms with Crippen molar-refractivity contribution in [3.8, 4) is 17.2 Å². The van der Waals surface area contributed by atoms with E-state index in [9.17, 15) is 14.4 Å². The molecular formula is C18H19N3O6. The van der Waals surface area contributed by atoms with Gasteiger partial charge in [-0.1, -0.05) is 0 Å². The molecule has 1 aliphatic heterocycles. The zero-order valence-corrected chi connectivity index (χ0v) is 14.9. The van der Waals surface area contributed by atoms with Gasteiger partial charge in [0.25, 0.3) is 5.56 Å². The van der Waals surface area contributed by atoms with Gasteiger partial charge in [-0.25, -0.2) is 4.79 Å². The third-order valence-electron chi connectivity index (χ3n) is 3.90. The SMILES string of the molecule is Cn1cc(C=CC(=O)NCCOc2ccc3c(c2)OCO3)c(=O)n(C)c1=O. The molecule has 9 nitrogen and oxygen atoms in total. The minimum Gasteiger partial charge on any atom is -0.492 e. The highest BCUT2D eigenvalue weighted by atomic mass is 16.7. The molecule has 1 aromatic heterocycles. The van der Waals surface area contributed by atoms with Crippen molar-refractivity contribution in [3.05, 3.63) is 56.9 Å². The first-order chi connectivity index (χ1) is 13.0. The number of nitrogens with one attached hydrogen (secondary N) is 1. The minimum absolute atomic E-state index is 0.194. The van der Waals surface area contributed by atoms with E-state index in [1.54, 1.807) is 18.2 Å². The molecule has 0 saturated heterocycles. The van der Waals surface area contributed by atoms with Crippen LogP contribution in [0.3, 0.4) is 0 Å². The highest BCUT2D eigenvalue weighted by Crippen LogP contribution is 2.34. The van der Waals surface area contributed by atoms with Crippen molar-refractivity contribution in [1.82, 2.24) is 14.5 Å². The zero-order chi connectivity index (χ0) is 19.4. The Labute approximate surface area is 154 Å². The van der Waals surface area contributed by atoms with Gasteiger partial charge >= 0.3 is 5.69 Å². The molecule has 1 amide bonds. The fourth-order valence-electron chi connectivity index (χ4n) is 2.48. The number of ether oxygens (including phenoxy) is 3. The van der Waals surface area contributed by atoms with E-state index in [1.165, 1.54) is 37.0 Å². The van der Waals surface area contributed by atoms with Crippen molar-refractivity contribution in [3.63, 3.8) is 0 Å². The Kier molecular flexibility index (Phi) is 5.30. The second kappa shape index (κ2) is 7.81. The van der Waals surface area contributed by atoms with Crippen LogP contribution in [0.4, 0.5) is 0 Å². The van der Waals surface area contributed by atoms with Crippen molar-refractivity contribution < 1.29 is 19.0 Å². The molecule has 27 heavy (non-hydrogen) atoms. The Morgan fingerprint density at radius 2 is 2.04 bits per heavy atom. The summed E-state index contributed by atoms with van der Waals surface area (Å²) in [6.45, 7) is 0.740. The lowest BCUT2D eigenvalue weighted by Gasteiger charge is -2.07. The van der Waals surface area contributed by atoms with Crippen LogP contribution in [0, 0.1) is 0 Å². The molecule has 0 bridgehead atoms. The van der Waals surface area contributed by atoms with Crippen LogP contribution < -0.4 is 30.8 Å². The number of aryl methyl sites for hydroxylation is 1. The summed E-state index contributed by atoms with van der Waals surface area (Å²) >= 11 is 0. The molecule has 2 aromatic rings. The van der Waals surface area contributed by atoms with E-state index in [0.29, 0.717) is 17.2 Å². The summed E-state index contributed by atoms with van der Waals surface area (Å²) in [5.74, 6) is 1.53. The maximum absolute atomic E-state index is 12.0. The molecular weight excluding hydrogens is 354 g/mol. The molecule has 142 valence electrons. The van der Waals surface area contributed by atoms with E-state index in [2.05, 4.69) is 5.32 Å². The molecule has 1 aromatic carbocycles. The second-order valence-electron chi connectivity index (χ2n) is 5.83. The largest absolute Gasteiger partial charge is 0.492 e. The maximum Gasteiger partial charge on any atom is 0.330 e. The maximum atomic E-state index is 12.0. The number of hydrogen-bond acceptors (Lipinski definition) is 6. The van der Waals surface area contributed by atoms with Crippen LogP contribution in [-0.2, 0) is 18.9 Å². The summed E-state index contributed by atoms with van der Waals surface area (Å²) < 4.78 is 18.3. The van der Waals surface area contributed by atoms with Gasteiger partial charge in [0.2, 0.25) is 12.7 Å². The molecule has 0 fully saturated rings. The van der Waals surface area contributed by atoms with Crippen molar-refractivity contribution in [1.29, 1.82) is 0 Å². The van der Waals surface area contributed by atoms with Gasteiger partial charge in [0.15, 0.2) is 11.5 Å². The average molecular weight is 373 g/mol. The van der Waals surface area contributed by atoms with Crippen LogP contribution >= 0.6 is 0 Å². The lowest BCUT2D eigenvalue weighted by Crippen LogP contribution is -2.37. The monoisotopic (exact) mass is 373 g/mol. The summed E-state index contributed by atoms with van der Waals surface area (Å²) in [6, 6.07) is 5.23. The topological polar surface area (TPSA) is 101 Å². The van der Waals surface area contributed by atoms with Gasteiger partial charge in [0, 0.05) is 32.4 Å². The molecule has 1 aliphatic rings. The third-order valence-corrected chi connectivity index (χ3v) is 3.90. The van der Waals surface area contributed by atoms with Gasteiger partial charge < -0.3 is 24.1 Å². The van der Waals surface area contributed by atoms with Crippen LogP contribution in [0.2, 0.25) is 0 Å². The predicted molar refractivity (Wildman–Crippen MR) is 97.0 cm³/mol. The molecule has 0 saturated carbocycles. The Bertz CT molecular complexity index is 1010. The van der Waals surface area contributed by atoms with Gasteiger partial charge in [0.05, 0.1) is 12.1 Å². The molecule has 1 N–H and O–H groups in total. The smallest absolute Gasteiger partial charge is 0.330 e. The van der Waals surface area contributed by atoms with Crippen molar-refractivity contribution >= 4 is 12.0 Å². The summed E-state index contributed by atoms with van der Waals surface area (Å²) in [4.78, 5) is 35.5.